The second-order valence-electron chi connectivity index (χ2n) is 11.8. The van der Waals surface area contributed by atoms with E-state index in [4.69, 9.17) is 9.47 Å². The second kappa shape index (κ2) is 11.7. The minimum Gasteiger partial charge on any atom is -0.477 e. The highest BCUT2D eigenvalue weighted by atomic mass is 16.6. The van der Waals surface area contributed by atoms with Crippen LogP contribution in [0, 0.1) is 0 Å². The van der Waals surface area contributed by atoms with E-state index < -0.39 is 23.8 Å². The third-order valence-corrected chi connectivity index (χ3v) is 7.70. The number of aromatic nitrogens is 1. The number of carbonyl (C=O) groups excluding carboxylic acids is 2. The largest absolute Gasteiger partial charge is 0.477 e. The number of ether oxygens (including phenoxy) is 2. The maximum Gasteiger partial charge on any atom is 0.410 e. The Bertz CT molecular complexity index is 1380. The first-order valence-corrected chi connectivity index (χ1v) is 14.1. The lowest BCUT2D eigenvalue weighted by molar-refractivity contribution is 0.0449. The van der Waals surface area contributed by atoms with Gasteiger partial charge >= 0.3 is 18.2 Å². The molecule has 2 atom stereocenters. The van der Waals surface area contributed by atoms with Crippen molar-refractivity contribution in [1.29, 1.82) is 0 Å². The summed E-state index contributed by atoms with van der Waals surface area (Å²) in [5.41, 5.74) is 4.67. The van der Waals surface area contributed by atoms with E-state index in [0.717, 1.165) is 41.5 Å². The van der Waals surface area contributed by atoms with Gasteiger partial charge in [0.25, 0.3) is 0 Å². The standard InChI is InChI=1S/C32H37N3O6/c1-32(2,3)41-30(38)34-21-9-8-10-22(16-21)35(18-20-15-28(29(36)37)33-17-20)31(39)40-19-27-25-13-6-4-11-23(25)24-12-5-7-14-26(24)27/h4-7,11-15,17,21-22,27,33H,8-10,16,18-19H2,1-3H3,(H,34,38)(H,36,37)/t21-,22-/m1/s1. The van der Waals surface area contributed by atoms with Crippen molar-refractivity contribution in [3.8, 4) is 11.1 Å². The maximum absolute atomic E-state index is 13.7. The number of hydrogen-bond donors (Lipinski definition) is 3. The van der Waals surface area contributed by atoms with E-state index in [9.17, 15) is 19.5 Å². The predicted octanol–water partition coefficient (Wildman–Crippen LogP) is 6.30. The highest BCUT2D eigenvalue weighted by molar-refractivity contribution is 5.85. The van der Waals surface area contributed by atoms with Crippen LogP contribution in [-0.4, -0.2) is 57.4 Å². The molecule has 1 aromatic heterocycles. The number of aromatic carboxylic acids is 1. The summed E-state index contributed by atoms with van der Waals surface area (Å²) in [5.74, 6) is -1.14. The van der Waals surface area contributed by atoms with Crippen LogP contribution in [-0.2, 0) is 16.0 Å². The first kappa shape index (κ1) is 28.3. The van der Waals surface area contributed by atoms with E-state index in [2.05, 4.69) is 34.6 Å². The van der Waals surface area contributed by atoms with Crippen LogP contribution in [0.1, 0.15) is 79.6 Å². The monoisotopic (exact) mass is 559 g/mol. The Morgan fingerprint density at radius 2 is 1.68 bits per heavy atom. The fourth-order valence-electron chi connectivity index (χ4n) is 5.92. The third-order valence-electron chi connectivity index (χ3n) is 7.70. The quantitative estimate of drug-likeness (QED) is 0.312. The van der Waals surface area contributed by atoms with Gasteiger partial charge in [-0.25, -0.2) is 14.4 Å². The Hall–Kier alpha value is -4.27. The van der Waals surface area contributed by atoms with Gasteiger partial charge in [-0.2, -0.15) is 0 Å². The summed E-state index contributed by atoms with van der Waals surface area (Å²) in [6.45, 7) is 5.82. The van der Waals surface area contributed by atoms with Crippen LogP contribution in [0.2, 0.25) is 0 Å². The van der Waals surface area contributed by atoms with Crippen LogP contribution >= 0.6 is 0 Å². The van der Waals surface area contributed by atoms with Gasteiger partial charge in [-0.15, -0.1) is 0 Å². The maximum atomic E-state index is 13.7. The van der Waals surface area contributed by atoms with Crippen molar-refractivity contribution in [2.75, 3.05) is 6.61 Å². The zero-order valence-electron chi connectivity index (χ0n) is 23.7. The Morgan fingerprint density at radius 3 is 2.29 bits per heavy atom. The number of aromatic amines is 1. The van der Waals surface area contributed by atoms with Gasteiger partial charge in [-0.1, -0.05) is 48.5 Å². The predicted molar refractivity (Wildman–Crippen MR) is 154 cm³/mol. The van der Waals surface area contributed by atoms with Crippen LogP contribution in [0.15, 0.2) is 60.8 Å². The lowest BCUT2D eigenvalue weighted by Crippen LogP contribution is -2.48. The van der Waals surface area contributed by atoms with E-state index in [1.54, 1.807) is 11.1 Å². The molecule has 9 nitrogen and oxygen atoms in total. The molecule has 9 heteroatoms. The number of benzene rings is 2. The number of hydrogen-bond acceptors (Lipinski definition) is 5. The van der Waals surface area contributed by atoms with Gasteiger partial charge in [0.2, 0.25) is 0 Å². The first-order valence-electron chi connectivity index (χ1n) is 14.1. The molecule has 3 aromatic rings. The molecule has 2 aromatic carbocycles. The molecule has 3 N–H and O–H groups in total. The molecule has 1 heterocycles. The molecule has 1 fully saturated rings. The summed E-state index contributed by atoms with van der Waals surface area (Å²) in [5, 5.41) is 12.3. The first-order chi connectivity index (χ1) is 19.6. The second-order valence-corrected chi connectivity index (χ2v) is 11.8. The smallest absolute Gasteiger partial charge is 0.410 e. The van der Waals surface area contributed by atoms with Gasteiger partial charge in [0.05, 0.1) is 6.54 Å². The molecule has 2 aliphatic rings. The Balaban J connectivity index is 1.33. The molecule has 0 radical (unpaired) electrons. The number of nitrogens with one attached hydrogen (secondary N) is 2. The molecule has 216 valence electrons. The summed E-state index contributed by atoms with van der Waals surface area (Å²) >= 11 is 0. The molecule has 5 rings (SSSR count). The molecular weight excluding hydrogens is 522 g/mol. The fraction of sp³-hybridized carbons (Fsp3) is 0.406. The van der Waals surface area contributed by atoms with Crippen LogP contribution in [0.25, 0.3) is 11.1 Å². The summed E-state index contributed by atoms with van der Waals surface area (Å²) in [6.07, 6.45) is 3.53. The number of carboxylic acid groups (broad SMARTS) is 1. The van der Waals surface area contributed by atoms with Crippen molar-refractivity contribution < 1.29 is 29.0 Å². The number of alkyl carbamates (subject to hydrolysis) is 1. The third kappa shape index (κ3) is 6.56. The van der Waals surface area contributed by atoms with E-state index in [1.807, 2.05) is 45.0 Å². The lowest BCUT2D eigenvalue weighted by Gasteiger charge is -2.37. The van der Waals surface area contributed by atoms with E-state index in [1.165, 1.54) is 6.07 Å². The average molecular weight is 560 g/mol. The Morgan fingerprint density at radius 1 is 1.02 bits per heavy atom. The zero-order chi connectivity index (χ0) is 29.1. The number of H-pyrrole nitrogens is 1. The minimum absolute atomic E-state index is 0.0561. The number of carbonyl (C=O) groups is 3. The molecule has 0 spiro atoms. The van der Waals surface area contributed by atoms with Crippen LogP contribution in [0.5, 0.6) is 0 Å². The summed E-state index contributed by atoms with van der Waals surface area (Å²) in [6, 6.07) is 17.5. The van der Waals surface area contributed by atoms with Gasteiger partial charge in [0.1, 0.15) is 17.9 Å². The number of carboxylic acids is 1. The molecule has 1 saturated carbocycles. The molecule has 0 aliphatic heterocycles. The highest BCUT2D eigenvalue weighted by Gasteiger charge is 2.34. The van der Waals surface area contributed by atoms with Gasteiger partial charge in [0.15, 0.2) is 0 Å². The van der Waals surface area contributed by atoms with Crippen LogP contribution in [0.3, 0.4) is 0 Å². The topological polar surface area (TPSA) is 121 Å². The molecular formula is C32H37N3O6. The van der Waals surface area contributed by atoms with Gasteiger partial charge in [0, 0.05) is 24.2 Å². The molecule has 0 unspecified atom stereocenters. The number of amides is 2. The van der Waals surface area contributed by atoms with Crippen molar-refractivity contribution in [2.45, 2.75) is 76.6 Å². The van der Waals surface area contributed by atoms with E-state index >= 15 is 0 Å². The van der Waals surface area contributed by atoms with Crippen molar-refractivity contribution in [1.82, 2.24) is 15.2 Å². The zero-order valence-corrected chi connectivity index (χ0v) is 23.7. The van der Waals surface area contributed by atoms with Crippen LogP contribution in [0.4, 0.5) is 9.59 Å². The molecule has 0 saturated heterocycles. The van der Waals surface area contributed by atoms with Gasteiger partial charge < -0.3 is 29.8 Å². The van der Waals surface area contributed by atoms with Crippen molar-refractivity contribution in [3.63, 3.8) is 0 Å². The fourth-order valence-corrected chi connectivity index (χ4v) is 5.92. The summed E-state index contributed by atoms with van der Waals surface area (Å²) in [4.78, 5) is 42.1. The van der Waals surface area contributed by atoms with Crippen molar-refractivity contribution in [3.05, 3.63) is 83.2 Å². The molecule has 2 amide bonds. The van der Waals surface area contributed by atoms with Gasteiger partial charge in [-0.05, 0) is 80.3 Å². The SMILES string of the molecule is CC(C)(C)OC(=O)N[C@@H]1CCC[C@@H](N(Cc2c[nH]c(C(=O)O)c2)C(=O)OCC2c3ccccc3-c3ccccc32)C1. The number of nitrogens with zero attached hydrogens (tertiary/aromatic N) is 1. The van der Waals surface area contributed by atoms with Crippen molar-refractivity contribution in [2.24, 2.45) is 0 Å². The van der Waals surface area contributed by atoms with Crippen LogP contribution < -0.4 is 5.32 Å². The molecule has 41 heavy (non-hydrogen) atoms. The van der Waals surface area contributed by atoms with Gasteiger partial charge in [-0.3, -0.25) is 0 Å². The summed E-state index contributed by atoms with van der Waals surface area (Å²) < 4.78 is 11.5. The minimum atomic E-state index is -1.07. The lowest BCUT2D eigenvalue weighted by atomic mass is 9.90. The average Bonchev–Trinajstić information content (AvgIpc) is 3.52. The number of rotatable bonds is 7. The number of fused-ring (bicyclic) bond motifs is 3. The normalized spacial score (nSPS) is 18.2. The van der Waals surface area contributed by atoms with E-state index in [0.29, 0.717) is 12.0 Å². The van der Waals surface area contributed by atoms with E-state index in [-0.39, 0.29) is 36.8 Å². The highest BCUT2D eigenvalue weighted by Crippen LogP contribution is 2.44. The Kier molecular flexibility index (Phi) is 8.06. The molecule has 2 aliphatic carbocycles. The summed E-state index contributed by atoms with van der Waals surface area (Å²) in [7, 11) is 0. The van der Waals surface area contributed by atoms with Crippen molar-refractivity contribution >= 4 is 18.2 Å². The molecule has 0 bridgehead atoms. The Labute approximate surface area is 239 Å².